The van der Waals surface area contributed by atoms with E-state index in [0.717, 1.165) is 25.3 Å². The van der Waals surface area contributed by atoms with Gasteiger partial charge in [-0.1, -0.05) is 17.7 Å². The number of hydrogen-bond donors (Lipinski definition) is 1. The average molecular weight is 272 g/mol. The third kappa shape index (κ3) is 1.61. The van der Waals surface area contributed by atoms with E-state index in [0.29, 0.717) is 12.3 Å². The molecule has 0 aromatic heterocycles. The second kappa shape index (κ2) is 3.98. The van der Waals surface area contributed by atoms with Gasteiger partial charge in [-0.3, -0.25) is 4.79 Å². The highest BCUT2D eigenvalue weighted by molar-refractivity contribution is 5.80. The van der Waals surface area contributed by atoms with Crippen LogP contribution in [0.15, 0.2) is 18.2 Å². The molecule has 2 fully saturated rings. The SMILES string of the molecule is Cc1ccc2c(c1)C1CC(=O)NC3(CCN(C)CC13)O2. The predicted molar refractivity (Wildman–Crippen MR) is 75.6 cm³/mol. The topological polar surface area (TPSA) is 41.6 Å². The van der Waals surface area contributed by atoms with Crippen molar-refractivity contribution in [2.45, 2.75) is 31.4 Å². The van der Waals surface area contributed by atoms with Crippen LogP contribution in [0.1, 0.15) is 29.9 Å². The molecule has 3 aliphatic rings. The van der Waals surface area contributed by atoms with Crippen LogP contribution in [-0.2, 0) is 4.79 Å². The van der Waals surface area contributed by atoms with Gasteiger partial charge in [-0.2, -0.15) is 0 Å². The summed E-state index contributed by atoms with van der Waals surface area (Å²) in [6.07, 6.45) is 1.45. The van der Waals surface area contributed by atoms with Crippen LogP contribution in [0.4, 0.5) is 0 Å². The molecular formula is C16H20N2O2. The first kappa shape index (κ1) is 12.2. The molecule has 0 radical (unpaired) electrons. The number of carbonyl (C=O) groups excluding carboxylic acids is 1. The number of fused-ring (bicyclic) bond motifs is 2. The van der Waals surface area contributed by atoms with E-state index in [-0.39, 0.29) is 11.8 Å². The Kier molecular flexibility index (Phi) is 2.43. The summed E-state index contributed by atoms with van der Waals surface area (Å²) in [7, 11) is 2.15. The Bertz CT molecular complexity index is 586. The van der Waals surface area contributed by atoms with Gasteiger partial charge in [0.1, 0.15) is 5.75 Å². The third-order valence-corrected chi connectivity index (χ3v) is 5.07. The Labute approximate surface area is 119 Å². The summed E-state index contributed by atoms with van der Waals surface area (Å²) in [5.41, 5.74) is 1.97. The van der Waals surface area contributed by atoms with Crippen LogP contribution in [0.3, 0.4) is 0 Å². The van der Waals surface area contributed by atoms with E-state index in [2.05, 4.69) is 42.4 Å². The van der Waals surface area contributed by atoms with Crippen molar-refractivity contribution in [2.24, 2.45) is 5.92 Å². The van der Waals surface area contributed by atoms with E-state index in [1.807, 2.05) is 0 Å². The zero-order chi connectivity index (χ0) is 13.9. The lowest BCUT2D eigenvalue weighted by molar-refractivity contribution is -0.152. The van der Waals surface area contributed by atoms with Gasteiger partial charge in [0.2, 0.25) is 5.91 Å². The number of carbonyl (C=O) groups is 1. The molecule has 1 amide bonds. The van der Waals surface area contributed by atoms with Crippen molar-refractivity contribution in [3.05, 3.63) is 29.3 Å². The van der Waals surface area contributed by atoms with E-state index >= 15 is 0 Å². The standard InChI is InChI=1S/C16H20N2O2/c1-10-3-4-14-12(7-10)11-8-15(19)17-16(20-14)5-6-18(2)9-13(11)16/h3-4,7,11,13H,5-6,8-9H2,1-2H3,(H,17,19). The van der Waals surface area contributed by atoms with Crippen LogP contribution in [-0.4, -0.2) is 36.7 Å². The largest absolute Gasteiger partial charge is 0.467 e. The van der Waals surface area contributed by atoms with Gasteiger partial charge in [-0.05, 0) is 25.6 Å². The molecule has 2 bridgehead atoms. The first-order valence-electron chi connectivity index (χ1n) is 7.36. The van der Waals surface area contributed by atoms with Gasteiger partial charge < -0.3 is 15.0 Å². The van der Waals surface area contributed by atoms with Gasteiger partial charge in [0.05, 0.1) is 0 Å². The molecule has 4 nitrogen and oxygen atoms in total. The number of rotatable bonds is 0. The summed E-state index contributed by atoms with van der Waals surface area (Å²) >= 11 is 0. The molecule has 3 aliphatic heterocycles. The molecule has 0 saturated carbocycles. The number of nitrogens with zero attached hydrogens (tertiary/aromatic N) is 1. The van der Waals surface area contributed by atoms with Crippen molar-refractivity contribution in [1.29, 1.82) is 0 Å². The lowest BCUT2D eigenvalue weighted by Crippen LogP contribution is -2.69. The first-order chi connectivity index (χ1) is 9.57. The molecule has 2 saturated heterocycles. The summed E-state index contributed by atoms with van der Waals surface area (Å²) in [6.45, 7) is 4.04. The zero-order valence-corrected chi connectivity index (χ0v) is 12.0. The lowest BCUT2D eigenvalue weighted by atomic mass is 9.69. The summed E-state index contributed by atoms with van der Waals surface area (Å²) in [5, 5.41) is 3.15. The number of ether oxygens (including phenoxy) is 1. The second-order valence-corrected chi connectivity index (χ2v) is 6.51. The average Bonchev–Trinajstić information content (AvgIpc) is 2.40. The Morgan fingerprint density at radius 2 is 2.30 bits per heavy atom. The molecule has 4 rings (SSSR count). The van der Waals surface area contributed by atoms with Crippen LogP contribution in [0, 0.1) is 12.8 Å². The number of benzene rings is 1. The zero-order valence-electron chi connectivity index (χ0n) is 12.0. The minimum absolute atomic E-state index is 0.128. The van der Waals surface area contributed by atoms with Gasteiger partial charge in [0, 0.05) is 37.8 Å². The van der Waals surface area contributed by atoms with Gasteiger partial charge in [0.15, 0.2) is 5.72 Å². The van der Waals surface area contributed by atoms with Crippen LogP contribution in [0.2, 0.25) is 0 Å². The molecule has 4 heteroatoms. The molecule has 3 unspecified atom stereocenters. The van der Waals surface area contributed by atoms with E-state index in [1.54, 1.807) is 0 Å². The molecule has 3 heterocycles. The van der Waals surface area contributed by atoms with E-state index in [9.17, 15) is 4.79 Å². The summed E-state index contributed by atoms with van der Waals surface area (Å²) < 4.78 is 6.31. The monoisotopic (exact) mass is 272 g/mol. The van der Waals surface area contributed by atoms with E-state index in [1.165, 1.54) is 11.1 Å². The van der Waals surface area contributed by atoms with Crippen LogP contribution >= 0.6 is 0 Å². The Morgan fingerprint density at radius 3 is 3.15 bits per heavy atom. The molecule has 3 atom stereocenters. The fourth-order valence-corrected chi connectivity index (χ4v) is 4.08. The van der Waals surface area contributed by atoms with Crippen molar-refractivity contribution >= 4 is 5.91 Å². The van der Waals surface area contributed by atoms with Crippen molar-refractivity contribution < 1.29 is 9.53 Å². The maximum atomic E-state index is 12.1. The number of piperidine rings is 2. The molecule has 1 aromatic rings. The molecule has 20 heavy (non-hydrogen) atoms. The van der Waals surface area contributed by atoms with Crippen molar-refractivity contribution in [1.82, 2.24) is 10.2 Å². The summed E-state index contributed by atoms with van der Waals surface area (Å²) in [5.74, 6) is 1.73. The summed E-state index contributed by atoms with van der Waals surface area (Å²) in [6, 6.07) is 6.34. The van der Waals surface area contributed by atoms with Crippen molar-refractivity contribution in [3.8, 4) is 5.75 Å². The number of hydrogen-bond acceptors (Lipinski definition) is 3. The first-order valence-corrected chi connectivity index (χ1v) is 7.36. The fraction of sp³-hybridized carbons (Fsp3) is 0.562. The minimum atomic E-state index is -0.477. The maximum Gasteiger partial charge on any atom is 0.223 e. The highest BCUT2D eigenvalue weighted by Gasteiger charge is 2.56. The molecular weight excluding hydrogens is 252 g/mol. The van der Waals surface area contributed by atoms with Crippen molar-refractivity contribution in [2.75, 3.05) is 20.1 Å². The van der Waals surface area contributed by atoms with Crippen LogP contribution in [0.25, 0.3) is 0 Å². The Hall–Kier alpha value is -1.55. The Balaban J connectivity index is 1.86. The summed E-state index contributed by atoms with van der Waals surface area (Å²) in [4.78, 5) is 14.4. The highest BCUT2D eigenvalue weighted by Crippen LogP contribution is 2.51. The second-order valence-electron chi connectivity index (χ2n) is 6.51. The van der Waals surface area contributed by atoms with Gasteiger partial charge >= 0.3 is 0 Å². The van der Waals surface area contributed by atoms with Crippen molar-refractivity contribution in [3.63, 3.8) is 0 Å². The smallest absolute Gasteiger partial charge is 0.223 e. The van der Waals surface area contributed by atoms with Gasteiger partial charge in [-0.15, -0.1) is 0 Å². The quantitative estimate of drug-likeness (QED) is 0.780. The minimum Gasteiger partial charge on any atom is -0.467 e. The molecule has 0 aliphatic carbocycles. The highest BCUT2D eigenvalue weighted by atomic mass is 16.5. The van der Waals surface area contributed by atoms with Crippen LogP contribution in [0.5, 0.6) is 5.75 Å². The Morgan fingerprint density at radius 1 is 1.45 bits per heavy atom. The molecule has 106 valence electrons. The lowest BCUT2D eigenvalue weighted by Gasteiger charge is -2.55. The van der Waals surface area contributed by atoms with Gasteiger partial charge in [-0.25, -0.2) is 0 Å². The van der Waals surface area contributed by atoms with Crippen LogP contribution < -0.4 is 10.1 Å². The number of likely N-dealkylation sites (tertiary alicyclic amines) is 1. The molecule has 0 spiro atoms. The maximum absolute atomic E-state index is 12.1. The van der Waals surface area contributed by atoms with Gasteiger partial charge in [0.25, 0.3) is 0 Å². The van der Waals surface area contributed by atoms with E-state index in [4.69, 9.17) is 4.74 Å². The molecule has 1 aromatic carbocycles. The normalized spacial score (nSPS) is 35.6. The molecule has 1 N–H and O–H groups in total. The predicted octanol–water partition coefficient (Wildman–Crippen LogP) is 1.64. The fourth-order valence-electron chi connectivity index (χ4n) is 4.08. The number of aryl methyl sites for hydroxylation is 1. The number of nitrogens with one attached hydrogen (secondary N) is 1. The van der Waals surface area contributed by atoms with E-state index < -0.39 is 5.72 Å². The third-order valence-electron chi connectivity index (χ3n) is 5.07. The number of amides is 1.